The Hall–Kier alpha value is -1.88. The summed E-state index contributed by atoms with van der Waals surface area (Å²) in [5, 5.41) is 0. The Kier molecular flexibility index (Phi) is 6.00. The van der Waals surface area contributed by atoms with E-state index in [4.69, 9.17) is 0 Å². The zero-order valence-electron chi connectivity index (χ0n) is 15.9. The Labute approximate surface area is 178 Å². The molecule has 2 aromatic rings. The fraction of sp³-hybridized carbons (Fsp3) is 0.526. The Morgan fingerprint density at radius 3 is 2.57 bits per heavy atom. The van der Waals surface area contributed by atoms with Gasteiger partial charge in [-0.3, -0.25) is 9.69 Å². The van der Waals surface area contributed by atoms with Crippen LogP contribution >= 0.6 is 22.6 Å². The van der Waals surface area contributed by atoms with Gasteiger partial charge in [0.1, 0.15) is 11.5 Å². The molecule has 2 aliphatic heterocycles. The lowest BCUT2D eigenvalue weighted by Gasteiger charge is -2.40. The van der Waals surface area contributed by atoms with E-state index in [2.05, 4.69) is 59.3 Å². The number of carbonyl (C=O) groups is 1. The molecule has 4 heterocycles. The van der Waals surface area contributed by atoms with Gasteiger partial charge in [-0.05, 0) is 26.0 Å². The number of aromatic nitrogens is 4. The molecule has 2 aromatic heterocycles. The molecule has 1 amide bonds. The fourth-order valence-electron chi connectivity index (χ4n) is 3.78. The quantitative estimate of drug-likeness (QED) is 0.472. The third kappa shape index (κ3) is 4.40. The van der Waals surface area contributed by atoms with Crippen LogP contribution in [0.2, 0.25) is 0 Å². The Bertz CT molecular complexity index is 804. The highest BCUT2D eigenvalue weighted by molar-refractivity contribution is 14.1. The van der Waals surface area contributed by atoms with E-state index in [0.29, 0.717) is 28.5 Å². The Morgan fingerprint density at radius 2 is 1.93 bits per heavy atom. The zero-order valence-corrected chi connectivity index (χ0v) is 18.1. The average Bonchev–Trinajstić information content (AvgIpc) is 3.13. The second-order valence-corrected chi connectivity index (χ2v) is 9.10. The van der Waals surface area contributed by atoms with Crippen molar-refractivity contribution in [2.45, 2.75) is 23.3 Å². The highest BCUT2D eigenvalue weighted by atomic mass is 127. The maximum Gasteiger partial charge on any atom is 0.237 e. The van der Waals surface area contributed by atoms with Crippen LogP contribution in [-0.4, -0.2) is 84.9 Å². The first-order valence-corrected chi connectivity index (χ1v) is 10.8. The summed E-state index contributed by atoms with van der Waals surface area (Å²) in [6.45, 7) is 6.93. The lowest BCUT2D eigenvalue weighted by molar-refractivity contribution is -0.134. The van der Waals surface area contributed by atoms with Crippen molar-refractivity contribution in [2.24, 2.45) is 0 Å². The summed E-state index contributed by atoms with van der Waals surface area (Å²) >= 11 is 2.47. The molecular weight excluding hydrogens is 469 g/mol. The normalized spacial score (nSPS) is 23.2. The second kappa shape index (κ2) is 8.64. The van der Waals surface area contributed by atoms with E-state index in [9.17, 15) is 4.79 Å². The maximum atomic E-state index is 12.7. The van der Waals surface area contributed by atoms with Crippen molar-refractivity contribution in [2.75, 3.05) is 44.2 Å². The molecule has 0 N–H and O–H groups in total. The van der Waals surface area contributed by atoms with E-state index < -0.39 is 0 Å². The molecule has 0 aliphatic carbocycles. The molecule has 148 valence electrons. The standard InChI is InChI=1S/C19H24IN7O/c1-14-11-26(7-8-27(14)18(28)13-25-6-3-15(20)12-25)17-10-23-16(9-24-17)19-21-4-2-5-22-19/h2,4-5,9-10,14-15H,3,6-8,11-13H2,1H3/t14-,15-/m1/s1. The molecule has 0 radical (unpaired) electrons. The SMILES string of the molecule is C[C@@H]1CN(c2cnc(-c3ncccn3)cn2)CCN1C(=O)CN1CC[C@@H](I)C1. The first-order chi connectivity index (χ1) is 13.6. The van der Waals surface area contributed by atoms with Gasteiger partial charge in [-0.2, -0.15) is 0 Å². The summed E-state index contributed by atoms with van der Waals surface area (Å²) in [5.74, 6) is 1.63. The molecular formula is C19H24IN7O. The molecule has 28 heavy (non-hydrogen) atoms. The lowest BCUT2D eigenvalue weighted by atomic mass is 10.2. The molecule has 2 aliphatic rings. The summed E-state index contributed by atoms with van der Waals surface area (Å²) < 4.78 is 0.669. The number of piperazine rings is 1. The predicted molar refractivity (Wildman–Crippen MR) is 115 cm³/mol. The van der Waals surface area contributed by atoms with E-state index in [0.717, 1.165) is 32.0 Å². The number of halogens is 1. The fourth-order valence-corrected chi connectivity index (χ4v) is 4.61. The molecule has 2 saturated heterocycles. The third-order valence-corrected chi connectivity index (χ3v) is 6.30. The molecule has 0 unspecified atom stereocenters. The van der Waals surface area contributed by atoms with Gasteiger partial charge in [0, 0.05) is 48.5 Å². The highest BCUT2D eigenvalue weighted by Crippen LogP contribution is 2.20. The van der Waals surface area contributed by atoms with Crippen molar-refractivity contribution in [3.05, 3.63) is 30.9 Å². The van der Waals surface area contributed by atoms with Gasteiger partial charge in [0.2, 0.25) is 5.91 Å². The average molecular weight is 493 g/mol. The third-order valence-electron chi connectivity index (χ3n) is 5.28. The number of likely N-dealkylation sites (tertiary alicyclic amines) is 1. The second-order valence-electron chi connectivity index (χ2n) is 7.34. The van der Waals surface area contributed by atoms with Crippen LogP contribution in [0.3, 0.4) is 0 Å². The van der Waals surface area contributed by atoms with Crippen LogP contribution in [0.25, 0.3) is 11.5 Å². The highest BCUT2D eigenvalue weighted by Gasteiger charge is 2.30. The van der Waals surface area contributed by atoms with E-state index in [1.54, 1.807) is 30.9 Å². The summed E-state index contributed by atoms with van der Waals surface area (Å²) in [7, 11) is 0. The first kappa shape index (κ1) is 19.4. The summed E-state index contributed by atoms with van der Waals surface area (Å²) in [5.41, 5.74) is 0.658. The van der Waals surface area contributed by atoms with Crippen LogP contribution in [0.4, 0.5) is 5.82 Å². The van der Waals surface area contributed by atoms with Crippen LogP contribution in [0.1, 0.15) is 13.3 Å². The summed E-state index contributed by atoms with van der Waals surface area (Å²) in [4.78, 5) is 36.6. The predicted octanol–water partition coefficient (Wildman–Crippen LogP) is 1.48. The van der Waals surface area contributed by atoms with Crippen molar-refractivity contribution in [3.63, 3.8) is 0 Å². The van der Waals surface area contributed by atoms with Gasteiger partial charge in [0.25, 0.3) is 0 Å². The van der Waals surface area contributed by atoms with Crippen LogP contribution in [0.5, 0.6) is 0 Å². The molecule has 0 bridgehead atoms. The summed E-state index contributed by atoms with van der Waals surface area (Å²) in [6.07, 6.45) is 8.04. The molecule has 0 aromatic carbocycles. The van der Waals surface area contributed by atoms with Crippen molar-refractivity contribution < 1.29 is 4.79 Å². The molecule has 0 saturated carbocycles. The molecule has 2 atom stereocenters. The molecule has 9 heteroatoms. The molecule has 2 fully saturated rings. The van der Waals surface area contributed by atoms with E-state index >= 15 is 0 Å². The number of hydrogen-bond donors (Lipinski definition) is 0. The van der Waals surface area contributed by atoms with Crippen molar-refractivity contribution >= 4 is 34.3 Å². The van der Waals surface area contributed by atoms with Crippen LogP contribution in [0, 0.1) is 0 Å². The zero-order chi connectivity index (χ0) is 19.5. The smallest absolute Gasteiger partial charge is 0.237 e. The Balaban J connectivity index is 1.35. The summed E-state index contributed by atoms with van der Waals surface area (Å²) in [6, 6.07) is 1.93. The number of rotatable bonds is 4. The molecule has 0 spiro atoms. The van der Waals surface area contributed by atoms with Crippen LogP contribution in [-0.2, 0) is 4.79 Å². The van der Waals surface area contributed by atoms with E-state index in [1.807, 2.05) is 4.90 Å². The van der Waals surface area contributed by atoms with Crippen molar-refractivity contribution in [1.82, 2.24) is 29.7 Å². The van der Waals surface area contributed by atoms with Gasteiger partial charge in [0.15, 0.2) is 5.82 Å². The topological polar surface area (TPSA) is 78.4 Å². The van der Waals surface area contributed by atoms with Gasteiger partial charge in [-0.25, -0.2) is 19.9 Å². The largest absolute Gasteiger partial charge is 0.352 e. The van der Waals surface area contributed by atoms with Gasteiger partial charge in [0.05, 0.1) is 18.9 Å². The molecule has 4 rings (SSSR count). The van der Waals surface area contributed by atoms with Gasteiger partial charge >= 0.3 is 0 Å². The van der Waals surface area contributed by atoms with Crippen molar-refractivity contribution in [3.8, 4) is 11.5 Å². The number of carbonyl (C=O) groups excluding carboxylic acids is 1. The van der Waals surface area contributed by atoms with E-state index in [-0.39, 0.29) is 11.9 Å². The minimum atomic E-state index is 0.151. The van der Waals surface area contributed by atoms with Gasteiger partial charge in [-0.15, -0.1) is 0 Å². The Morgan fingerprint density at radius 1 is 1.11 bits per heavy atom. The number of anilines is 1. The lowest BCUT2D eigenvalue weighted by Crippen LogP contribution is -2.56. The number of amides is 1. The molecule has 8 nitrogen and oxygen atoms in total. The van der Waals surface area contributed by atoms with Gasteiger partial charge in [-0.1, -0.05) is 22.6 Å². The number of alkyl halides is 1. The maximum absolute atomic E-state index is 12.7. The number of hydrogen-bond acceptors (Lipinski definition) is 7. The minimum Gasteiger partial charge on any atom is -0.352 e. The van der Waals surface area contributed by atoms with E-state index in [1.165, 1.54) is 6.42 Å². The van der Waals surface area contributed by atoms with Crippen molar-refractivity contribution in [1.29, 1.82) is 0 Å². The van der Waals surface area contributed by atoms with Gasteiger partial charge < -0.3 is 9.80 Å². The van der Waals surface area contributed by atoms with Crippen LogP contribution in [0.15, 0.2) is 30.9 Å². The number of nitrogens with zero attached hydrogens (tertiary/aromatic N) is 7. The van der Waals surface area contributed by atoms with Crippen LogP contribution < -0.4 is 4.90 Å². The first-order valence-electron chi connectivity index (χ1n) is 9.60. The minimum absolute atomic E-state index is 0.151. The monoisotopic (exact) mass is 493 g/mol.